The molecule has 0 N–H and O–H groups in total. The molecule has 0 aromatic heterocycles. The van der Waals surface area contributed by atoms with Crippen molar-refractivity contribution in [3.8, 4) is 0 Å². The Labute approximate surface area is 153 Å². The lowest BCUT2D eigenvalue weighted by atomic mass is 9.62. The first-order valence-corrected chi connectivity index (χ1v) is 9.87. The van der Waals surface area contributed by atoms with Crippen LogP contribution < -0.4 is 0 Å². The number of hydrogen-bond acceptors (Lipinski definition) is 2. The number of carbonyl (C=O) groups excluding carboxylic acids is 1. The summed E-state index contributed by atoms with van der Waals surface area (Å²) in [5.74, 6) is 2.00. The van der Waals surface area contributed by atoms with Crippen LogP contribution in [0.3, 0.4) is 0 Å². The molecule has 2 heteroatoms. The van der Waals surface area contributed by atoms with Crippen LogP contribution in [-0.2, 0) is 9.53 Å². The van der Waals surface area contributed by atoms with Crippen molar-refractivity contribution in [1.29, 1.82) is 0 Å². The number of rotatable bonds is 3. The molecule has 0 aromatic carbocycles. The van der Waals surface area contributed by atoms with Gasteiger partial charge in [-0.1, -0.05) is 37.1 Å². The van der Waals surface area contributed by atoms with Gasteiger partial charge in [0.25, 0.3) is 0 Å². The van der Waals surface area contributed by atoms with Crippen LogP contribution >= 0.6 is 0 Å². The molecule has 0 spiro atoms. The minimum absolute atomic E-state index is 0.0109. The van der Waals surface area contributed by atoms with Crippen LogP contribution in [0, 0.1) is 17.3 Å². The molecular weight excluding hydrogens is 308 g/mol. The van der Waals surface area contributed by atoms with E-state index >= 15 is 0 Å². The Morgan fingerprint density at radius 3 is 2.68 bits per heavy atom. The van der Waals surface area contributed by atoms with Crippen LogP contribution in [0.1, 0.15) is 80.1 Å². The second-order valence-corrected chi connectivity index (χ2v) is 9.70. The highest BCUT2D eigenvalue weighted by Gasteiger charge is 2.51. The Hall–Kier alpha value is -1.31. The van der Waals surface area contributed by atoms with Gasteiger partial charge in [-0.25, -0.2) is 0 Å². The molecule has 3 atom stereocenters. The van der Waals surface area contributed by atoms with E-state index in [4.69, 9.17) is 4.74 Å². The zero-order valence-corrected chi connectivity index (χ0v) is 16.9. The lowest BCUT2D eigenvalue weighted by molar-refractivity contribution is -0.126. The highest BCUT2D eigenvalue weighted by molar-refractivity contribution is 5.98. The van der Waals surface area contributed by atoms with E-state index in [9.17, 15) is 4.79 Å². The second kappa shape index (κ2) is 6.45. The van der Waals surface area contributed by atoms with Gasteiger partial charge in [0.1, 0.15) is 11.4 Å². The zero-order chi connectivity index (χ0) is 18.4. The summed E-state index contributed by atoms with van der Waals surface area (Å²) in [6.07, 6.45) is 10.6. The van der Waals surface area contributed by atoms with Crippen molar-refractivity contribution < 1.29 is 9.53 Å². The standard InChI is InChI=1S/C23H34O2/c1-15(2)8-7-11-23(6)18-10-9-16(3)12-17(18)21-19(24)13-22(4,5)14-20(21)25-23/h8,12,17-18H,7,9-11,13-14H2,1-6H3. The summed E-state index contributed by atoms with van der Waals surface area (Å²) < 4.78 is 6.67. The molecular formula is C23H34O2. The third-order valence-electron chi connectivity index (χ3n) is 6.29. The molecule has 0 saturated heterocycles. The number of carbonyl (C=O) groups is 1. The number of ketones is 1. The summed E-state index contributed by atoms with van der Waals surface area (Å²) in [7, 11) is 0. The van der Waals surface area contributed by atoms with Crippen molar-refractivity contribution in [3.63, 3.8) is 0 Å². The molecule has 1 heterocycles. The Balaban J connectivity index is 1.99. The minimum atomic E-state index is -0.166. The smallest absolute Gasteiger partial charge is 0.163 e. The van der Waals surface area contributed by atoms with Gasteiger partial charge in [-0.3, -0.25) is 4.79 Å². The molecule has 0 amide bonds. The van der Waals surface area contributed by atoms with Crippen LogP contribution in [-0.4, -0.2) is 11.4 Å². The van der Waals surface area contributed by atoms with Gasteiger partial charge in [0, 0.05) is 30.3 Å². The summed E-state index contributed by atoms with van der Waals surface area (Å²) in [5.41, 5.74) is 3.64. The molecule has 25 heavy (non-hydrogen) atoms. The maximum atomic E-state index is 12.9. The number of Topliss-reactive ketones (excluding diaryl/α,β-unsaturated/α-hetero) is 1. The van der Waals surface area contributed by atoms with Crippen molar-refractivity contribution in [2.75, 3.05) is 0 Å². The average Bonchev–Trinajstić information content (AvgIpc) is 2.44. The maximum absolute atomic E-state index is 12.9. The van der Waals surface area contributed by atoms with Gasteiger partial charge in [0.05, 0.1) is 0 Å². The van der Waals surface area contributed by atoms with Crippen LogP contribution in [0.4, 0.5) is 0 Å². The fourth-order valence-electron chi connectivity index (χ4n) is 5.02. The van der Waals surface area contributed by atoms with Gasteiger partial charge in [-0.2, -0.15) is 0 Å². The van der Waals surface area contributed by atoms with Gasteiger partial charge < -0.3 is 4.74 Å². The molecule has 0 aromatic rings. The van der Waals surface area contributed by atoms with Crippen LogP contribution in [0.15, 0.2) is 34.6 Å². The quantitative estimate of drug-likeness (QED) is 0.576. The fourth-order valence-corrected chi connectivity index (χ4v) is 5.02. The van der Waals surface area contributed by atoms with E-state index in [1.165, 1.54) is 11.1 Å². The molecule has 0 saturated carbocycles. The highest BCUT2D eigenvalue weighted by atomic mass is 16.5. The minimum Gasteiger partial charge on any atom is -0.491 e. The fraction of sp³-hybridized carbons (Fsp3) is 0.696. The molecule has 3 unspecified atom stereocenters. The number of hydrogen-bond donors (Lipinski definition) is 0. The van der Waals surface area contributed by atoms with E-state index < -0.39 is 0 Å². The van der Waals surface area contributed by atoms with Gasteiger partial charge in [-0.05, 0) is 58.8 Å². The van der Waals surface area contributed by atoms with E-state index in [-0.39, 0.29) is 16.9 Å². The number of allylic oxidation sites excluding steroid dienone is 6. The summed E-state index contributed by atoms with van der Waals surface area (Å²) in [6.45, 7) is 13.2. The Bertz CT molecular complexity index is 658. The lowest BCUT2D eigenvalue weighted by Crippen LogP contribution is -2.49. The third-order valence-corrected chi connectivity index (χ3v) is 6.29. The predicted octanol–water partition coefficient (Wildman–Crippen LogP) is 6.14. The molecule has 1 aliphatic heterocycles. The van der Waals surface area contributed by atoms with E-state index in [1.54, 1.807) is 0 Å². The van der Waals surface area contributed by atoms with Crippen LogP contribution in [0.2, 0.25) is 0 Å². The van der Waals surface area contributed by atoms with Crippen molar-refractivity contribution in [2.24, 2.45) is 17.3 Å². The van der Waals surface area contributed by atoms with Crippen LogP contribution in [0.25, 0.3) is 0 Å². The molecule has 0 fully saturated rings. The van der Waals surface area contributed by atoms with E-state index in [2.05, 4.69) is 53.7 Å². The second-order valence-electron chi connectivity index (χ2n) is 9.70. The maximum Gasteiger partial charge on any atom is 0.163 e. The summed E-state index contributed by atoms with van der Waals surface area (Å²) >= 11 is 0. The predicted molar refractivity (Wildman–Crippen MR) is 103 cm³/mol. The third kappa shape index (κ3) is 3.64. The Morgan fingerprint density at radius 1 is 1.28 bits per heavy atom. The Morgan fingerprint density at radius 2 is 2.00 bits per heavy atom. The molecule has 0 bridgehead atoms. The van der Waals surface area contributed by atoms with Crippen molar-refractivity contribution in [1.82, 2.24) is 0 Å². The largest absolute Gasteiger partial charge is 0.491 e. The SMILES string of the molecule is CC(C)=CCCC1(C)OC2=C(C(=O)CC(C)(C)C2)C2C=C(C)CCC21. The molecule has 3 aliphatic rings. The van der Waals surface area contributed by atoms with Gasteiger partial charge in [0.15, 0.2) is 5.78 Å². The number of ether oxygens (including phenoxy) is 1. The molecule has 2 aliphatic carbocycles. The first-order chi connectivity index (χ1) is 11.6. The monoisotopic (exact) mass is 342 g/mol. The average molecular weight is 343 g/mol. The lowest BCUT2D eigenvalue weighted by Gasteiger charge is -2.51. The normalized spacial score (nSPS) is 33.8. The summed E-state index contributed by atoms with van der Waals surface area (Å²) in [5, 5.41) is 0. The first-order valence-electron chi connectivity index (χ1n) is 9.87. The molecule has 2 nitrogen and oxygen atoms in total. The van der Waals surface area contributed by atoms with E-state index in [0.29, 0.717) is 18.1 Å². The summed E-state index contributed by atoms with van der Waals surface area (Å²) in [6, 6.07) is 0. The van der Waals surface area contributed by atoms with Crippen molar-refractivity contribution in [3.05, 3.63) is 34.6 Å². The highest BCUT2D eigenvalue weighted by Crippen LogP contribution is 2.53. The number of fused-ring (bicyclic) bond motifs is 2. The van der Waals surface area contributed by atoms with Gasteiger partial charge in [0.2, 0.25) is 0 Å². The Kier molecular flexibility index (Phi) is 4.77. The zero-order valence-electron chi connectivity index (χ0n) is 16.9. The van der Waals surface area contributed by atoms with E-state index in [1.807, 2.05) is 0 Å². The summed E-state index contributed by atoms with van der Waals surface area (Å²) in [4.78, 5) is 12.9. The van der Waals surface area contributed by atoms with Crippen molar-refractivity contribution in [2.45, 2.75) is 85.7 Å². The topological polar surface area (TPSA) is 26.3 Å². The molecule has 0 radical (unpaired) electrons. The molecule has 138 valence electrons. The van der Waals surface area contributed by atoms with Gasteiger partial charge >= 0.3 is 0 Å². The van der Waals surface area contributed by atoms with Gasteiger partial charge in [-0.15, -0.1) is 0 Å². The molecule has 3 rings (SSSR count). The van der Waals surface area contributed by atoms with Crippen LogP contribution in [0.5, 0.6) is 0 Å². The van der Waals surface area contributed by atoms with E-state index in [0.717, 1.165) is 43.4 Å². The first kappa shape index (κ1) is 18.5. The van der Waals surface area contributed by atoms with Crippen molar-refractivity contribution >= 4 is 5.78 Å².